The van der Waals surface area contributed by atoms with Crippen molar-refractivity contribution in [1.82, 2.24) is 10.3 Å². The fourth-order valence-corrected chi connectivity index (χ4v) is 3.49. The number of ether oxygens (including phenoxy) is 2. The second kappa shape index (κ2) is 9.39. The summed E-state index contributed by atoms with van der Waals surface area (Å²) >= 11 is 0. The third-order valence-corrected chi connectivity index (χ3v) is 4.97. The third-order valence-electron chi connectivity index (χ3n) is 4.97. The molecular weight excluding hydrogens is 484 g/mol. The van der Waals surface area contributed by atoms with Crippen molar-refractivity contribution in [3.05, 3.63) is 53.2 Å². The van der Waals surface area contributed by atoms with Crippen LogP contribution in [0.4, 0.5) is 32.0 Å². The van der Waals surface area contributed by atoms with Crippen LogP contribution in [0.15, 0.2) is 36.5 Å². The molecule has 3 aromatic rings. The number of aromatic nitrogens is 1. The van der Waals surface area contributed by atoms with Gasteiger partial charge >= 0.3 is 18.3 Å². The molecule has 0 aliphatic heterocycles. The minimum absolute atomic E-state index is 0.0703. The van der Waals surface area contributed by atoms with Crippen LogP contribution < -0.4 is 15.8 Å². The molecule has 0 spiro atoms. The maximum atomic E-state index is 13.5. The molecule has 0 aliphatic rings. The largest absolute Gasteiger partial charge is 0.467 e. The van der Waals surface area contributed by atoms with E-state index in [0.29, 0.717) is 28.6 Å². The van der Waals surface area contributed by atoms with E-state index < -0.39 is 52.8 Å². The van der Waals surface area contributed by atoms with Crippen LogP contribution in [0.25, 0.3) is 10.9 Å². The quantitative estimate of drug-likeness (QED) is 0.255. The number of anilines is 1. The zero-order valence-corrected chi connectivity index (χ0v) is 18.2. The van der Waals surface area contributed by atoms with Gasteiger partial charge in [-0.15, -0.1) is 0 Å². The summed E-state index contributed by atoms with van der Waals surface area (Å²) in [6, 6.07) is 3.44. The number of carbonyl (C=O) groups excluding carboxylic acids is 2. The first-order chi connectivity index (χ1) is 16.2. The van der Waals surface area contributed by atoms with Gasteiger partial charge in [0, 0.05) is 36.1 Å². The number of H-pyrrole nitrogens is 1. The molecule has 2 aromatic carbocycles. The van der Waals surface area contributed by atoms with Crippen LogP contribution in [-0.2, 0) is 33.1 Å². The van der Waals surface area contributed by atoms with Crippen molar-refractivity contribution in [2.75, 3.05) is 12.8 Å². The number of nitrogen functional groups attached to an aromatic ring is 1. The van der Waals surface area contributed by atoms with Gasteiger partial charge in [0.15, 0.2) is 5.75 Å². The molecule has 0 radical (unpaired) electrons. The minimum atomic E-state index is -5.18. The van der Waals surface area contributed by atoms with Crippen LogP contribution >= 0.6 is 0 Å². The summed E-state index contributed by atoms with van der Waals surface area (Å²) in [4.78, 5) is 26.3. The summed E-state index contributed by atoms with van der Waals surface area (Å²) in [7, 11) is 1.13. The van der Waals surface area contributed by atoms with Crippen LogP contribution in [0.2, 0.25) is 0 Å². The molecule has 3 rings (SSSR count). The maximum Gasteiger partial charge on any atom is 0.420 e. The topological polar surface area (TPSA) is 106 Å². The monoisotopic (exact) mass is 503 g/mol. The van der Waals surface area contributed by atoms with Gasteiger partial charge < -0.3 is 25.5 Å². The smallest absolute Gasteiger partial charge is 0.420 e. The predicted octanol–water partition coefficient (Wildman–Crippen LogP) is 4.80. The van der Waals surface area contributed by atoms with E-state index in [1.54, 1.807) is 0 Å². The van der Waals surface area contributed by atoms with Crippen molar-refractivity contribution in [2.24, 2.45) is 0 Å². The molecule has 0 saturated heterocycles. The number of aromatic amines is 1. The number of nitrogens with two attached hydrogens (primary N) is 1. The molecule has 1 amide bonds. The number of methoxy groups -OCH3 is 1. The highest BCUT2D eigenvalue weighted by Crippen LogP contribution is 2.47. The van der Waals surface area contributed by atoms with Gasteiger partial charge in [-0.05, 0) is 35.9 Å². The Morgan fingerprint density at radius 2 is 1.66 bits per heavy atom. The Labute approximate surface area is 194 Å². The number of amides is 1. The highest BCUT2D eigenvalue weighted by atomic mass is 19.4. The Hall–Kier alpha value is -3.90. The van der Waals surface area contributed by atoms with E-state index >= 15 is 0 Å². The number of esters is 1. The van der Waals surface area contributed by atoms with Crippen molar-refractivity contribution in [3.8, 4) is 11.5 Å². The summed E-state index contributed by atoms with van der Waals surface area (Å²) in [5, 5.41) is 2.77. The number of halogens is 6. The number of fused-ring (bicyclic) bond motifs is 1. The van der Waals surface area contributed by atoms with Crippen LogP contribution in [-0.4, -0.2) is 30.0 Å². The molecule has 35 heavy (non-hydrogen) atoms. The van der Waals surface area contributed by atoms with Crippen molar-refractivity contribution >= 4 is 28.5 Å². The lowest BCUT2D eigenvalue weighted by Gasteiger charge is -2.20. The van der Waals surface area contributed by atoms with Crippen molar-refractivity contribution in [3.63, 3.8) is 0 Å². The van der Waals surface area contributed by atoms with Gasteiger partial charge in [0.1, 0.15) is 22.9 Å². The van der Waals surface area contributed by atoms with Gasteiger partial charge in [-0.1, -0.05) is 0 Å². The Morgan fingerprint density at radius 3 is 2.17 bits per heavy atom. The second-order valence-electron chi connectivity index (χ2n) is 7.54. The average molecular weight is 503 g/mol. The fourth-order valence-electron chi connectivity index (χ4n) is 3.49. The van der Waals surface area contributed by atoms with Crippen molar-refractivity contribution < 1.29 is 45.4 Å². The Kier molecular flexibility index (Phi) is 6.90. The molecule has 1 unspecified atom stereocenters. The first-order valence-corrected chi connectivity index (χ1v) is 9.91. The number of rotatable bonds is 6. The van der Waals surface area contributed by atoms with Crippen molar-refractivity contribution in [1.29, 1.82) is 0 Å². The number of carbonyl (C=O) groups is 2. The van der Waals surface area contributed by atoms with E-state index in [9.17, 15) is 35.9 Å². The van der Waals surface area contributed by atoms with Gasteiger partial charge in [0.25, 0.3) is 0 Å². The summed E-state index contributed by atoms with van der Waals surface area (Å²) in [5.74, 6) is -3.02. The second-order valence-corrected chi connectivity index (χ2v) is 7.54. The summed E-state index contributed by atoms with van der Waals surface area (Å²) < 4.78 is 91.0. The van der Waals surface area contributed by atoms with Gasteiger partial charge in [-0.25, -0.2) is 4.79 Å². The van der Waals surface area contributed by atoms with Crippen LogP contribution in [0.5, 0.6) is 11.5 Å². The fraction of sp³-hybridized carbons (Fsp3) is 0.273. The van der Waals surface area contributed by atoms with E-state index in [-0.39, 0.29) is 12.2 Å². The van der Waals surface area contributed by atoms with E-state index in [0.717, 1.165) is 7.11 Å². The number of nitrogens with one attached hydrogen (secondary N) is 2. The Bertz CT molecular complexity index is 1230. The standard InChI is InChI=1S/C22H19F6N3O4/c1-10(32)31-18(20(33)34-2)5-11-9-30-17-4-3-13(8-14(11)17)35-19-15(21(23,24)25)6-12(29)7-16(19)22(26,27)28/h3-4,6-9,18,30H,5,29H2,1-2H3,(H,31,32). The molecule has 1 aromatic heterocycles. The zero-order valence-electron chi connectivity index (χ0n) is 18.2. The minimum Gasteiger partial charge on any atom is -0.467 e. The van der Waals surface area contributed by atoms with E-state index in [1.165, 1.54) is 31.3 Å². The number of hydrogen-bond donors (Lipinski definition) is 3. The number of alkyl halides is 6. The van der Waals surface area contributed by atoms with Gasteiger partial charge in [0.05, 0.1) is 7.11 Å². The first kappa shape index (κ1) is 25.7. The molecule has 4 N–H and O–H groups in total. The van der Waals surface area contributed by atoms with Crippen LogP contribution in [0.1, 0.15) is 23.6 Å². The van der Waals surface area contributed by atoms with Crippen LogP contribution in [0.3, 0.4) is 0 Å². The maximum absolute atomic E-state index is 13.5. The number of hydrogen-bond acceptors (Lipinski definition) is 5. The molecule has 1 heterocycles. The van der Waals surface area contributed by atoms with Gasteiger partial charge in [-0.2, -0.15) is 26.3 Å². The summed E-state index contributed by atoms with van der Waals surface area (Å²) in [5.41, 5.74) is 2.08. The number of benzene rings is 2. The normalized spacial score (nSPS) is 12.9. The predicted molar refractivity (Wildman–Crippen MR) is 113 cm³/mol. The molecule has 0 aliphatic carbocycles. The van der Waals surface area contributed by atoms with Crippen LogP contribution in [0, 0.1) is 0 Å². The molecule has 7 nitrogen and oxygen atoms in total. The van der Waals surface area contributed by atoms with E-state index in [1.807, 2.05) is 0 Å². The van der Waals surface area contributed by atoms with Gasteiger partial charge in [0.2, 0.25) is 5.91 Å². The average Bonchev–Trinajstić information content (AvgIpc) is 3.14. The van der Waals surface area contributed by atoms with E-state index in [4.69, 9.17) is 10.5 Å². The molecule has 188 valence electrons. The van der Waals surface area contributed by atoms with Crippen molar-refractivity contribution in [2.45, 2.75) is 31.7 Å². The molecule has 0 bridgehead atoms. The first-order valence-electron chi connectivity index (χ1n) is 9.91. The molecule has 1 atom stereocenters. The lowest BCUT2D eigenvalue weighted by Crippen LogP contribution is -2.41. The molecular formula is C22H19F6N3O4. The molecule has 13 heteroatoms. The molecule has 0 saturated carbocycles. The Morgan fingerprint density at radius 1 is 1.06 bits per heavy atom. The van der Waals surface area contributed by atoms with E-state index in [2.05, 4.69) is 15.0 Å². The summed E-state index contributed by atoms with van der Waals surface area (Å²) in [6.07, 6.45) is -8.95. The third kappa shape index (κ3) is 5.78. The van der Waals surface area contributed by atoms with Gasteiger partial charge in [-0.3, -0.25) is 4.79 Å². The Balaban J connectivity index is 2.07. The summed E-state index contributed by atoms with van der Waals surface area (Å²) in [6.45, 7) is 1.19. The highest BCUT2D eigenvalue weighted by Gasteiger charge is 2.43. The lowest BCUT2D eigenvalue weighted by atomic mass is 10.0. The highest BCUT2D eigenvalue weighted by molar-refractivity contribution is 5.87. The lowest BCUT2D eigenvalue weighted by molar-refractivity contribution is -0.145. The SMILES string of the molecule is COC(=O)C(Cc1c[nH]c2ccc(Oc3c(C(F)(F)F)cc(N)cc3C(F)(F)F)cc12)NC(C)=O. The molecule has 0 fully saturated rings. The zero-order chi connectivity index (χ0) is 26.1.